The third-order valence-electron chi connectivity index (χ3n) is 6.16. The van der Waals surface area contributed by atoms with Gasteiger partial charge < -0.3 is 9.80 Å². The molecule has 0 saturated carbocycles. The number of rotatable bonds is 3. The minimum absolute atomic E-state index is 0.578. The van der Waals surface area contributed by atoms with E-state index < -0.39 is 0 Å². The zero-order valence-electron chi connectivity index (χ0n) is 15.5. The first kappa shape index (κ1) is 16.4. The van der Waals surface area contributed by atoms with Crippen molar-refractivity contribution in [2.24, 2.45) is 0 Å². The van der Waals surface area contributed by atoms with Gasteiger partial charge >= 0.3 is 0 Å². The van der Waals surface area contributed by atoms with Gasteiger partial charge in [0, 0.05) is 19.0 Å². The summed E-state index contributed by atoms with van der Waals surface area (Å²) in [6.07, 6.45) is 6.13. The monoisotopic (exact) mass is 372 g/mol. The maximum atomic E-state index is 4.96. The number of nitrogens with zero attached hydrogens (tertiary/aromatic N) is 6. The summed E-state index contributed by atoms with van der Waals surface area (Å²) in [4.78, 5) is 11.8. The Kier molecular flexibility index (Phi) is 4.04. The first-order valence-corrected chi connectivity index (χ1v) is 10.7. The summed E-state index contributed by atoms with van der Waals surface area (Å²) in [6, 6.07) is 0.578. The Balaban J connectivity index is 1.75. The second-order valence-electron chi connectivity index (χ2n) is 7.54. The molecule has 1 saturated heterocycles. The topological polar surface area (TPSA) is 63.7 Å². The fourth-order valence-electron chi connectivity index (χ4n) is 4.65. The van der Waals surface area contributed by atoms with Crippen LogP contribution in [0.15, 0.2) is 0 Å². The average molecular weight is 373 g/mol. The molecule has 5 rings (SSSR count). The van der Waals surface area contributed by atoms with Crippen LogP contribution < -0.4 is 9.80 Å². The second kappa shape index (κ2) is 6.42. The van der Waals surface area contributed by atoms with Crippen LogP contribution in [0.3, 0.4) is 0 Å². The second-order valence-corrected chi connectivity index (χ2v) is 8.63. The van der Waals surface area contributed by atoms with Gasteiger partial charge in [0.2, 0.25) is 0 Å². The molecule has 26 heavy (non-hydrogen) atoms. The first-order valence-electron chi connectivity index (χ1n) is 9.92. The molecule has 138 valence electrons. The number of tetrazole rings is 1. The van der Waals surface area contributed by atoms with Gasteiger partial charge in [-0.25, -0.2) is 0 Å². The van der Waals surface area contributed by atoms with Crippen molar-refractivity contribution in [3.05, 3.63) is 10.4 Å². The fourth-order valence-corrected chi connectivity index (χ4v) is 6.01. The third kappa shape index (κ3) is 2.42. The van der Waals surface area contributed by atoms with Crippen molar-refractivity contribution in [1.82, 2.24) is 25.0 Å². The van der Waals surface area contributed by atoms with Crippen LogP contribution in [-0.2, 0) is 13.0 Å². The van der Waals surface area contributed by atoms with Crippen LogP contribution in [-0.4, -0.2) is 50.7 Å². The number of thiophene rings is 1. The van der Waals surface area contributed by atoms with Crippen LogP contribution >= 0.6 is 11.3 Å². The van der Waals surface area contributed by atoms with Gasteiger partial charge in [-0.05, 0) is 48.6 Å². The minimum Gasteiger partial charge on any atom is -0.353 e. The van der Waals surface area contributed by atoms with E-state index in [1.54, 1.807) is 4.90 Å². The highest BCUT2D eigenvalue weighted by Gasteiger charge is 2.31. The van der Waals surface area contributed by atoms with Crippen molar-refractivity contribution in [2.75, 3.05) is 24.5 Å². The van der Waals surface area contributed by atoms with Crippen LogP contribution in [0.2, 0.25) is 0 Å². The molecule has 0 aliphatic carbocycles. The van der Waals surface area contributed by atoms with E-state index in [2.05, 4.69) is 34.3 Å². The molecule has 2 aliphatic heterocycles. The Morgan fingerprint density at radius 3 is 3.04 bits per heavy atom. The van der Waals surface area contributed by atoms with Crippen LogP contribution in [0.1, 0.15) is 50.0 Å². The number of aromatic nitrogens is 5. The SMILES string of the molecule is CC[C@@H]1CCCCN1c1nc2nnnn2c2sc3c(c12)CC[NH+](CC)C3. The van der Waals surface area contributed by atoms with Gasteiger partial charge in [-0.15, -0.1) is 11.3 Å². The van der Waals surface area contributed by atoms with Gasteiger partial charge in [-0.2, -0.15) is 9.50 Å². The van der Waals surface area contributed by atoms with Crippen LogP contribution in [0, 0.1) is 0 Å². The highest BCUT2D eigenvalue weighted by molar-refractivity contribution is 7.19. The molecule has 8 heteroatoms. The summed E-state index contributed by atoms with van der Waals surface area (Å²) in [5.74, 6) is 1.76. The summed E-state index contributed by atoms with van der Waals surface area (Å²) >= 11 is 1.87. The molecule has 5 heterocycles. The molecule has 3 aromatic heterocycles. The number of likely N-dealkylation sites (N-methyl/N-ethyl adjacent to an activating group) is 1. The van der Waals surface area contributed by atoms with Gasteiger partial charge in [0.15, 0.2) is 0 Å². The summed E-state index contributed by atoms with van der Waals surface area (Å²) in [5.41, 5.74) is 1.50. The fraction of sp³-hybridized carbons (Fsp3) is 0.667. The summed E-state index contributed by atoms with van der Waals surface area (Å²) in [6.45, 7) is 9.17. The quantitative estimate of drug-likeness (QED) is 0.754. The summed E-state index contributed by atoms with van der Waals surface area (Å²) in [7, 11) is 0. The van der Waals surface area contributed by atoms with Gasteiger partial charge in [0.1, 0.15) is 17.2 Å². The molecule has 1 fully saturated rings. The van der Waals surface area contributed by atoms with Crippen LogP contribution in [0.25, 0.3) is 16.0 Å². The normalized spacial score (nSPS) is 23.7. The lowest BCUT2D eigenvalue weighted by molar-refractivity contribution is -0.913. The molecule has 0 spiro atoms. The zero-order chi connectivity index (χ0) is 17.7. The Morgan fingerprint density at radius 1 is 1.27 bits per heavy atom. The van der Waals surface area contributed by atoms with Crippen molar-refractivity contribution >= 4 is 33.1 Å². The maximum Gasteiger partial charge on any atom is 0.276 e. The molecule has 2 atom stereocenters. The smallest absolute Gasteiger partial charge is 0.276 e. The van der Waals surface area contributed by atoms with Gasteiger partial charge in [-0.1, -0.05) is 12.0 Å². The lowest BCUT2D eigenvalue weighted by Crippen LogP contribution is -3.11. The number of fused-ring (bicyclic) bond motifs is 5. The molecular formula is C18H26N7S+. The van der Waals surface area contributed by atoms with E-state index in [1.165, 1.54) is 59.4 Å². The van der Waals surface area contributed by atoms with Gasteiger partial charge in [0.05, 0.1) is 23.4 Å². The number of hydrogen-bond acceptors (Lipinski definition) is 6. The van der Waals surface area contributed by atoms with E-state index in [9.17, 15) is 0 Å². The number of anilines is 1. The number of quaternary nitrogens is 1. The van der Waals surface area contributed by atoms with Crippen molar-refractivity contribution in [3.63, 3.8) is 0 Å². The molecule has 1 unspecified atom stereocenters. The van der Waals surface area contributed by atoms with Crippen molar-refractivity contribution in [2.45, 2.75) is 58.5 Å². The molecular weight excluding hydrogens is 346 g/mol. The summed E-state index contributed by atoms with van der Waals surface area (Å²) in [5, 5.41) is 13.6. The largest absolute Gasteiger partial charge is 0.353 e. The molecule has 2 aliphatic rings. The Morgan fingerprint density at radius 2 is 2.19 bits per heavy atom. The van der Waals surface area contributed by atoms with Crippen LogP contribution in [0.4, 0.5) is 5.82 Å². The van der Waals surface area contributed by atoms with E-state index in [1.807, 2.05) is 15.9 Å². The first-order chi connectivity index (χ1) is 12.8. The van der Waals surface area contributed by atoms with E-state index in [0.29, 0.717) is 11.8 Å². The zero-order valence-corrected chi connectivity index (χ0v) is 16.3. The van der Waals surface area contributed by atoms with Gasteiger partial charge in [-0.3, -0.25) is 0 Å². The molecule has 0 bridgehead atoms. The highest BCUT2D eigenvalue weighted by Crippen LogP contribution is 2.39. The predicted molar refractivity (Wildman–Crippen MR) is 103 cm³/mol. The lowest BCUT2D eigenvalue weighted by Gasteiger charge is -2.36. The summed E-state index contributed by atoms with van der Waals surface area (Å²) < 4.78 is 1.85. The van der Waals surface area contributed by atoms with E-state index in [4.69, 9.17) is 4.98 Å². The Hall–Kier alpha value is -1.80. The van der Waals surface area contributed by atoms with E-state index in [0.717, 1.165) is 25.3 Å². The third-order valence-corrected chi connectivity index (χ3v) is 7.36. The molecule has 1 N–H and O–H groups in total. The van der Waals surface area contributed by atoms with Crippen molar-refractivity contribution in [3.8, 4) is 0 Å². The number of piperidine rings is 1. The number of hydrogen-bond donors (Lipinski definition) is 1. The van der Waals surface area contributed by atoms with Crippen molar-refractivity contribution < 1.29 is 4.90 Å². The minimum atomic E-state index is 0.578. The van der Waals surface area contributed by atoms with E-state index in [-0.39, 0.29) is 0 Å². The average Bonchev–Trinajstić information content (AvgIpc) is 3.30. The number of nitrogens with one attached hydrogen (secondary N) is 1. The molecule has 0 radical (unpaired) electrons. The highest BCUT2D eigenvalue weighted by atomic mass is 32.1. The molecule has 0 aromatic carbocycles. The van der Waals surface area contributed by atoms with Crippen molar-refractivity contribution in [1.29, 1.82) is 0 Å². The Labute approximate surface area is 157 Å². The lowest BCUT2D eigenvalue weighted by atomic mass is 9.98. The molecule has 0 amide bonds. The standard InChI is InChI=1S/C18H25N7S/c1-3-12-7-5-6-9-24(12)16-15-13-8-10-23(4-2)11-14(13)26-17(15)25-18(19-16)20-21-22-25/h12H,3-11H2,1-2H3/p+1/t12-/m1/s1. The van der Waals surface area contributed by atoms with E-state index >= 15 is 0 Å². The van der Waals surface area contributed by atoms with Crippen LogP contribution in [0.5, 0.6) is 0 Å². The predicted octanol–water partition coefficient (Wildman–Crippen LogP) is 1.46. The molecule has 3 aromatic rings. The Bertz CT molecular complexity index is 946. The molecule has 7 nitrogen and oxygen atoms in total. The maximum absolute atomic E-state index is 4.96. The van der Waals surface area contributed by atoms with Gasteiger partial charge in [0.25, 0.3) is 5.78 Å².